The maximum absolute atomic E-state index is 13.1. The highest BCUT2D eigenvalue weighted by atomic mass is 32.2. The summed E-state index contributed by atoms with van der Waals surface area (Å²) < 4.78 is 63.0. The molecule has 2 amide bonds. The summed E-state index contributed by atoms with van der Waals surface area (Å²) in [5.41, 5.74) is 5.77. The first-order chi connectivity index (χ1) is 18.5. The topological polar surface area (TPSA) is 140 Å². The van der Waals surface area contributed by atoms with Crippen molar-refractivity contribution in [1.82, 2.24) is 18.8 Å². The monoisotopic (exact) mass is 569 g/mol. The highest BCUT2D eigenvalue weighted by Crippen LogP contribution is 2.42. The molecule has 1 fully saturated rings. The van der Waals surface area contributed by atoms with Crippen LogP contribution in [-0.2, 0) is 52.3 Å². The molecule has 1 saturated heterocycles. The molecule has 2 aromatic carbocycles. The summed E-state index contributed by atoms with van der Waals surface area (Å²) in [7, 11) is -7.90. The van der Waals surface area contributed by atoms with Gasteiger partial charge in [-0.1, -0.05) is 23.8 Å². The zero-order valence-corrected chi connectivity index (χ0v) is 22.9. The van der Waals surface area contributed by atoms with Crippen molar-refractivity contribution in [1.29, 1.82) is 0 Å². The number of urea groups is 1. The molecule has 7 rings (SSSR count). The molecule has 39 heavy (non-hydrogen) atoms. The molecule has 2 N–H and O–H groups in total. The molecular weight excluding hydrogens is 542 g/mol. The van der Waals surface area contributed by atoms with Crippen LogP contribution in [0.15, 0.2) is 46.3 Å². The predicted molar refractivity (Wildman–Crippen MR) is 141 cm³/mol. The number of aryl methyl sites for hydroxylation is 3. The number of carbonyl (C=O) groups excluding carboxylic acids is 1. The minimum absolute atomic E-state index is 0.0358. The van der Waals surface area contributed by atoms with Crippen molar-refractivity contribution in [2.24, 2.45) is 5.41 Å². The molecule has 13 heteroatoms. The third-order valence-electron chi connectivity index (χ3n) is 8.21. The Morgan fingerprint density at radius 3 is 2.26 bits per heavy atom. The van der Waals surface area contributed by atoms with Crippen LogP contribution in [0.3, 0.4) is 0 Å². The van der Waals surface area contributed by atoms with Gasteiger partial charge in [-0.05, 0) is 67.0 Å². The molecule has 1 aromatic heterocycles. The van der Waals surface area contributed by atoms with Gasteiger partial charge in [-0.3, -0.25) is 0 Å². The van der Waals surface area contributed by atoms with Crippen LogP contribution in [0, 0.1) is 12.3 Å². The van der Waals surface area contributed by atoms with E-state index in [4.69, 9.17) is 4.74 Å². The fourth-order valence-corrected chi connectivity index (χ4v) is 8.50. The van der Waals surface area contributed by atoms with Crippen LogP contribution in [0.1, 0.15) is 27.8 Å². The van der Waals surface area contributed by atoms with Crippen LogP contribution in [0.25, 0.3) is 0 Å². The largest absolute Gasteiger partial charge is 0.476 e. The van der Waals surface area contributed by atoms with Gasteiger partial charge in [-0.25, -0.2) is 31.0 Å². The number of rotatable bonds is 5. The number of fused-ring (bicyclic) bond motifs is 3. The second-order valence-electron chi connectivity index (χ2n) is 10.9. The molecule has 3 aromatic rings. The van der Waals surface area contributed by atoms with E-state index in [0.29, 0.717) is 6.54 Å². The van der Waals surface area contributed by atoms with Gasteiger partial charge in [0.2, 0.25) is 15.9 Å². The standard InChI is InChI=1S/C26H27N5O6S2/c1-16-2-6-19(7-3-16)39(35,36)30-12-26(13-30)14-31-24(37-15-26)22(11-27-31)38(33,34)29-25(32)28-23-20-8-4-17(20)10-18-5-9-21(18)23/h2-3,6-7,10-11H,4-5,8-9,12-15H2,1H3,(H2,28,29,32). The number of hydrogen-bond acceptors (Lipinski definition) is 7. The summed E-state index contributed by atoms with van der Waals surface area (Å²) in [6.07, 6.45) is 4.82. The van der Waals surface area contributed by atoms with Crippen molar-refractivity contribution >= 4 is 31.8 Å². The first-order valence-electron chi connectivity index (χ1n) is 12.8. The summed E-state index contributed by atoms with van der Waals surface area (Å²) >= 11 is 0. The molecule has 2 aliphatic carbocycles. The van der Waals surface area contributed by atoms with E-state index in [1.54, 1.807) is 24.3 Å². The van der Waals surface area contributed by atoms with E-state index in [1.165, 1.54) is 20.1 Å². The van der Waals surface area contributed by atoms with Gasteiger partial charge in [0.05, 0.1) is 29.7 Å². The van der Waals surface area contributed by atoms with E-state index in [-0.39, 0.29) is 35.4 Å². The average molecular weight is 570 g/mol. The Kier molecular flexibility index (Phi) is 5.23. The van der Waals surface area contributed by atoms with Gasteiger partial charge in [0.1, 0.15) is 0 Å². The quantitative estimate of drug-likeness (QED) is 0.479. The first-order valence-corrected chi connectivity index (χ1v) is 15.7. The number of nitrogens with zero attached hydrogens (tertiary/aromatic N) is 3. The predicted octanol–water partition coefficient (Wildman–Crippen LogP) is 1.98. The van der Waals surface area contributed by atoms with Crippen LogP contribution in [-0.4, -0.2) is 56.6 Å². The van der Waals surface area contributed by atoms with Crippen LogP contribution in [0.4, 0.5) is 10.5 Å². The molecule has 0 atom stereocenters. The molecule has 4 aliphatic rings. The smallest absolute Gasteiger partial charge is 0.333 e. The van der Waals surface area contributed by atoms with E-state index in [2.05, 4.69) is 21.2 Å². The maximum Gasteiger partial charge on any atom is 0.333 e. The number of aromatic nitrogens is 2. The van der Waals surface area contributed by atoms with Gasteiger partial charge in [0, 0.05) is 18.8 Å². The Morgan fingerprint density at radius 2 is 1.64 bits per heavy atom. The zero-order chi connectivity index (χ0) is 27.2. The summed E-state index contributed by atoms with van der Waals surface area (Å²) in [5, 5.41) is 6.96. The van der Waals surface area contributed by atoms with Gasteiger partial charge in [0.15, 0.2) is 4.90 Å². The van der Waals surface area contributed by atoms with Crippen molar-refractivity contribution in [2.45, 2.75) is 48.9 Å². The van der Waals surface area contributed by atoms with Gasteiger partial charge < -0.3 is 10.1 Å². The van der Waals surface area contributed by atoms with E-state index < -0.39 is 31.5 Å². The number of hydrogen-bond donors (Lipinski definition) is 2. The number of sulfonamides is 2. The van der Waals surface area contributed by atoms with Gasteiger partial charge in [0.25, 0.3) is 10.0 Å². The Morgan fingerprint density at radius 1 is 0.974 bits per heavy atom. The Hall–Kier alpha value is -3.42. The lowest BCUT2D eigenvalue weighted by molar-refractivity contribution is -0.0274. The molecular formula is C26H27N5O6S2. The van der Waals surface area contributed by atoms with Crippen LogP contribution >= 0.6 is 0 Å². The minimum atomic E-state index is -4.26. The van der Waals surface area contributed by atoms with Crippen molar-refractivity contribution < 1.29 is 26.4 Å². The minimum Gasteiger partial charge on any atom is -0.476 e. The summed E-state index contributed by atoms with van der Waals surface area (Å²) in [6, 6.07) is 8.05. The summed E-state index contributed by atoms with van der Waals surface area (Å²) in [4.78, 5) is 12.8. The van der Waals surface area contributed by atoms with Gasteiger partial charge >= 0.3 is 6.03 Å². The van der Waals surface area contributed by atoms with Crippen molar-refractivity contribution in [2.75, 3.05) is 25.0 Å². The third-order valence-corrected chi connectivity index (χ3v) is 11.3. The van der Waals surface area contributed by atoms with E-state index >= 15 is 0 Å². The molecule has 0 bridgehead atoms. The first kappa shape index (κ1) is 24.6. The fourth-order valence-electron chi connectivity index (χ4n) is 5.84. The van der Waals surface area contributed by atoms with Crippen LogP contribution in [0.5, 0.6) is 5.88 Å². The highest BCUT2D eigenvalue weighted by Gasteiger charge is 2.52. The third kappa shape index (κ3) is 3.85. The Bertz CT molecular complexity index is 1730. The lowest BCUT2D eigenvalue weighted by atomic mass is 9.76. The van der Waals surface area contributed by atoms with Crippen molar-refractivity contribution in [3.05, 3.63) is 64.3 Å². The zero-order valence-electron chi connectivity index (χ0n) is 21.2. The molecule has 204 valence electrons. The summed E-state index contributed by atoms with van der Waals surface area (Å²) in [5.74, 6) is 0.0358. The second kappa shape index (κ2) is 8.29. The number of benzene rings is 2. The van der Waals surface area contributed by atoms with Gasteiger partial charge in [-0.15, -0.1) is 0 Å². The second-order valence-corrected chi connectivity index (χ2v) is 14.5. The normalized spacial score (nSPS) is 18.9. The molecule has 11 nitrogen and oxygen atoms in total. The average Bonchev–Trinajstić information content (AvgIpc) is 3.24. The number of carbonyl (C=O) groups is 1. The molecule has 0 radical (unpaired) electrons. The van der Waals surface area contributed by atoms with E-state index in [1.807, 2.05) is 6.92 Å². The molecule has 0 unspecified atom stereocenters. The summed E-state index contributed by atoms with van der Waals surface area (Å²) in [6.45, 7) is 2.79. The number of nitrogens with one attached hydrogen (secondary N) is 2. The number of anilines is 1. The lowest BCUT2D eigenvalue weighted by Crippen LogP contribution is -2.63. The van der Waals surface area contributed by atoms with Crippen LogP contribution in [0.2, 0.25) is 0 Å². The Labute approximate surface area is 226 Å². The van der Waals surface area contributed by atoms with E-state index in [0.717, 1.165) is 54.3 Å². The lowest BCUT2D eigenvalue weighted by Gasteiger charge is -2.50. The SMILES string of the molecule is Cc1ccc(S(=O)(=O)N2CC3(COc4c(S(=O)(=O)NC(=O)Nc5c6c(cc7c5CC7)CC6)cnn4C3)C2)cc1. The maximum atomic E-state index is 13.1. The van der Waals surface area contributed by atoms with E-state index in [9.17, 15) is 21.6 Å². The molecule has 2 aliphatic heterocycles. The highest BCUT2D eigenvalue weighted by molar-refractivity contribution is 7.90. The Balaban J connectivity index is 1.04. The van der Waals surface area contributed by atoms with Crippen LogP contribution < -0.4 is 14.8 Å². The molecule has 0 saturated carbocycles. The fraction of sp³-hybridized carbons (Fsp3) is 0.385. The van der Waals surface area contributed by atoms with Gasteiger partial charge in [-0.2, -0.15) is 9.40 Å². The van der Waals surface area contributed by atoms with Crippen molar-refractivity contribution in [3.8, 4) is 5.88 Å². The molecule has 1 spiro atoms. The number of ether oxygens (including phenoxy) is 1. The van der Waals surface area contributed by atoms with Crippen molar-refractivity contribution in [3.63, 3.8) is 0 Å². The number of amides is 2. The molecule has 3 heterocycles.